The third kappa shape index (κ3) is 7.92. The second kappa shape index (κ2) is 8.74. The van der Waals surface area contributed by atoms with Gasteiger partial charge in [-0.05, 0) is 38.5 Å². The second-order valence-corrected chi connectivity index (χ2v) is 6.75. The second-order valence-electron chi connectivity index (χ2n) is 6.75. The maximum absolute atomic E-state index is 10.1. The molecule has 0 fully saturated rings. The highest BCUT2D eigenvalue weighted by Crippen LogP contribution is 2.35. The molecule has 0 saturated carbocycles. The molecule has 0 unspecified atom stereocenters. The first-order chi connectivity index (χ1) is 8.31. The SMILES string of the molecule is C=CCCCCCCCCCC(C)(C)C(C)(C)O. The Balaban J connectivity index is 3.43. The summed E-state index contributed by atoms with van der Waals surface area (Å²) in [5, 5.41) is 10.1. The van der Waals surface area contributed by atoms with E-state index in [1.807, 2.05) is 19.9 Å². The fraction of sp³-hybridized carbons (Fsp3) is 0.882. The summed E-state index contributed by atoms with van der Waals surface area (Å²) in [6.07, 6.45) is 13.6. The van der Waals surface area contributed by atoms with Crippen LogP contribution >= 0.6 is 0 Å². The van der Waals surface area contributed by atoms with Crippen molar-refractivity contribution in [2.45, 2.75) is 91.1 Å². The average molecular weight is 254 g/mol. The van der Waals surface area contributed by atoms with E-state index in [9.17, 15) is 5.11 Å². The molecule has 18 heavy (non-hydrogen) atoms. The van der Waals surface area contributed by atoms with Crippen LogP contribution in [0.5, 0.6) is 0 Å². The van der Waals surface area contributed by atoms with E-state index in [0.717, 1.165) is 6.42 Å². The molecule has 108 valence electrons. The molecule has 1 N–H and O–H groups in total. The van der Waals surface area contributed by atoms with Crippen molar-refractivity contribution in [1.29, 1.82) is 0 Å². The normalized spacial score (nSPS) is 12.7. The van der Waals surface area contributed by atoms with Gasteiger partial charge >= 0.3 is 0 Å². The van der Waals surface area contributed by atoms with E-state index in [4.69, 9.17) is 0 Å². The predicted molar refractivity (Wildman–Crippen MR) is 81.8 cm³/mol. The molecule has 0 aliphatic rings. The Morgan fingerprint density at radius 3 is 1.72 bits per heavy atom. The van der Waals surface area contributed by atoms with Crippen molar-refractivity contribution in [3.05, 3.63) is 12.7 Å². The number of aliphatic hydroxyl groups is 1. The number of rotatable bonds is 11. The van der Waals surface area contributed by atoms with E-state index >= 15 is 0 Å². The van der Waals surface area contributed by atoms with Crippen LogP contribution in [0.1, 0.15) is 85.5 Å². The summed E-state index contributed by atoms with van der Waals surface area (Å²) in [7, 11) is 0. The van der Waals surface area contributed by atoms with Gasteiger partial charge in [0.2, 0.25) is 0 Å². The summed E-state index contributed by atoms with van der Waals surface area (Å²) >= 11 is 0. The molecule has 1 heteroatoms. The van der Waals surface area contributed by atoms with Crippen molar-refractivity contribution in [3.8, 4) is 0 Å². The van der Waals surface area contributed by atoms with Crippen molar-refractivity contribution in [3.63, 3.8) is 0 Å². The van der Waals surface area contributed by atoms with Gasteiger partial charge in [0.25, 0.3) is 0 Å². The van der Waals surface area contributed by atoms with E-state index in [-0.39, 0.29) is 5.41 Å². The predicted octanol–water partition coefficient (Wildman–Crippen LogP) is 5.48. The fourth-order valence-electron chi connectivity index (χ4n) is 2.05. The first-order valence-corrected chi connectivity index (χ1v) is 7.64. The van der Waals surface area contributed by atoms with Gasteiger partial charge in [0, 0.05) is 0 Å². The van der Waals surface area contributed by atoms with Crippen molar-refractivity contribution in [2.24, 2.45) is 5.41 Å². The highest BCUT2D eigenvalue weighted by Gasteiger charge is 2.33. The van der Waals surface area contributed by atoms with Crippen molar-refractivity contribution in [2.75, 3.05) is 0 Å². The van der Waals surface area contributed by atoms with Crippen LogP contribution in [0.4, 0.5) is 0 Å². The smallest absolute Gasteiger partial charge is 0.0642 e. The molecule has 0 radical (unpaired) electrons. The first kappa shape index (κ1) is 17.7. The zero-order chi connectivity index (χ0) is 14.1. The quantitative estimate of drug-likeness (QED) is 0.382. The van der Waals surface area contributed by atoms with E-state index in [2.05, 4.69) is 20.4 Å². The standard InChI is InChI=1S/C17H34O/c1-6-7-8-9-10-11-12-13-14-15-16(2,3)17(4,5)18/h6,18H,1,7-15H2,2-5H3. The molecule has 0 aromatic carbocycles. The summed E-state index contributed by atoms with van der Waals surface area (Å²) in [4.78, 5) is 0. The summed E-state index contributed by atoms with van der Waals surface area (Å²) in [5.74, 6) is 0. The van der Waals surface area contributed by atoms with Gasteiger partial charge in [-0.25, -0.2) is 0 Å². The molecule has 0 aliphatic carbocycles. The van der Waals surface area contributed by atoms with Crippen LogP contribution in [-0.2, 0) is 0 Å². The molecule has 0 aromatic rings. The maximum atomic E-state index is 10.1. The molecule has 0 aromatic heterocycles. The first-order valence-electron chi connectivity index (χ1n) is 7.64. The molecular weight excluding hydrogens is 220 g/mol. The van der Waals surface area contributed by atoms with Crippen LogP contribution in [0.15, 0.2) is 12.7 Å². The Kier molecular flexibility index (Phi) is 8.60. The van der Waals surface area contributed by atoms with Crippen LogP contribution in [0.3, 0.4) is 0 Å². The average Bonchev–Trinajstić information content (AvgIpc) is 2.25. The third-order valence-corrected chi connectivity index (χ3v) is 4.37. The molecule has 0 heterocycles. The van der Waals surface area contributed by atoms with Crippen LogP contribution in [0, 0.1) is 5.41 Å². The minimum absolute atomic E-state index is 0.0248. The minimum Gasteiger partial charge on any atom is -0.390 e. The topological polar surface area (TPSA) is 20.2 Å². The van der Waals surface area contributed by atoms with Crippen molar-refractivity contribution >= 4 is 0 Å². The van der Waals surface area contributed by atoms with Gasteiger partial charge in [-0.2, -0.15) is 0 Å². The van der Waals surface area contributed by atoms with E-state index in [1.54, 1.807) is 0 Å². The largest absolute Gasteiger partial charge is 0.390 e. The van der Waals surface area contributed by atoms with Gasteiger partial charge in [-0.15, -0.1) is 6.58 Å². The lowest BCUT2D eigenvalue weighted by atomic mass is 9.73. The van der Waals surface area contributed by atoms with Crippen molar-refractivity contribution in [1.82, 2.24) is 0 Å². The molecule has 0 atom stereocenters. The van der Waals surface area contributed by atoms with Gasteiger partial charge < -0.3 is 5.11 Å². The van der Waals surface area contributed by atoms with Crippen molar-refractivity contribution < 1.29 is 5.11 Å². The number of unbranched alkanes of at least 4 members (excludes halogenated alkanes) is 7. The van der Waals surface area contributed by atoms with Gasteiger partial charge in [-0.1, -0.05) is 58.4 Å². The van der Waals surface area contributed by atoms with E-state index in [0.29, 0.717) is 0 Å². The van der Waals surface area contributed by atoms with Crippen LogP contribution in [0.25, 0.3) is 0 Å². The summed E-state index contributed by atoms with van der Waals surface area (Å²) in [5.41, 5.74) is -0.547. The van der Waals surface area contributed by atoms with Crippen LogP contribution in [0.2, 0.25) is 0 Å². The van der Waals surface area contributed by atoms with Crippen LogP contribution in [-0.4, -0.2) is 10.7 Å². The summed E-state index contributed by atoms with van der Waals surface area (Å²) < 4.78 is 0. The van der Waals surface area contributed by atoms with Gasteiger partial charge in [-0.3, -0.25) is 0 Å². The molecule has 0 amide bonds. The van der Waals surface area contributed by atoms with Crippen LogP contribution < -0.4 is 0 Å². The zero-order valence-corrected chi connectivity index (χ0v) is 13.1. The number of hydrogen-bond donors (Lipinski definition) is 1. The molecular formula is C17H34O. The Bertz CT molecular complexity index is 210. The van der Waals surface area contributed by atoms with Gasteiger partial charge in [0.1, 0.15) is 0 Å². The molecule has 0 rings (SSSR count). The minimum atomic E-state index is -0.572. The Labute approximate surface area is 115 Å². The lowest BCUT2D eigenvalue weighted by Gasteiger charge is -2.37. The fourth-order valence-corrected chi connectivity index (χ4v) is 2.05. The molecule has 0 bridgehead atoms. The van der Waals surface area contributed by atoms with Gasteiger partial charge in [0.05, 0.1) is 5.60 Å². The van der Waals surface area contributed by atoms with E-state index in [1.165, 1.54) is 51.4 Å². The lowest BCUT2D eigenvalue weighted by Crippen LogP contribution is -2.38. The highest BCUT2D eigenvalue weighted by molar-refractivity contribution is 4.85. The lowest BCUT2D eigenvalue weighted by molar-refractivity contribution is -0.0405. The Morgan fingerprint density at radius 1 is 0.833 bits per heavy atom. The summed E-state index contributed by atoms with van der Waals surface area (Å²) in [6, 6.07) is 0. The van der Waals surface area contributed by atoms with Gasteiger partial charge in [0.15, 0.2) is 0 Å². The van der Waals surface area contributed by atoms with E-state index < -0.39 is 5.60 Å². The maximum Gasteiger partial charge on any atom is 0.0642 e. The monoisotopic (exact) mass is 254 g/mol. The molecule has 0 spiro atoms. The highest BCUT2D eigenvalue weighted by atomic mass is 16.3. The molecule has 1 nitrogen and oxygen atoms in total. The number of allylic oxidation sites excluding steroid dienone is 1. The number of hydrogen-bond acceptors (Lipinski definition) is 1. The summed E-state index contributed by atoms with van der Waals surface area (Å²) in [6.45, 7) is 11.9. The zero-order valence-electron chi connectivity index (χ0n) is 13.1. The molecule has 0 saturated heterocycles. The third-order valence-electron chi connectivity index (χ3n) is 4.37. The molecule has 0 aliphatic heterocycles. The Hall–Kier alpha value is -0.300. The Morgan fingerprint density at radius 2 is 1.28 bits per heavy atom.